The SMILES string of the molecule is CCCC(C)CCCCCC(N)N. The molecular weight excluding hydrogens is 160 g/mol. The molecule has 1 unspecified atom stereocenters. The molecule has 80 valence electrons. The van der Waals surface area contributed by atoms with Gasteiger partial charge in [0.05, 0.1) is 6.17 Å². The second kappa shape index (κ2) is 8.52. The van der Waals surface area contributed by atoms with Crippen molar-refractivity contribution in [3.63, 3.8) is 0 Å². The maximum Gasteiger partial charge on any atom is 0.0520 e. The van der Waals surface area contributed by atoms with Gasteiger partial charge in [0.1, 0.15) is 0 Å². The van der Waals surface area contributed by atoms with Gasteiger partial charge >= 0.3 is 0 Å². The Morgan fingerprint density at radius 3 is 2.08 bits per heavy atom. The molecule has 0 radical (unpaired) electrons. The third-order valence-corrected chi connectivity index (χ3v) is 2.52. The van der Waals surface area contributed by atoms with Gasteiger partial charge in [-0.25, -0.2) is 0 Å². The fourth-order valence-electron chi connectivity index (χ4n) is 1.69. The third kappa shape index (κ3) is 9.84. The molecule has 0 aliphatic rings. The number of hydrogen-bond donors (Lipinski definition) is 2. The molecule has 0 aromatic carbocycles. The molecule has 0 aliphatic heterocycles. The van der Waals surface area contributed by atoms with Crippen LogP contribution < -0.4 is 11.5 Å². The van der Waals surface area contributed by atoms with Gasteiger partial charge in [-0.05, 0) is 12.3 Å². The fourth-order valence-corrected chi connectivity index (χ4v) is 1.69. The van der Waals surface area contributed by atoms with E-state index < -0.39 is 0 Å². The second-order valence-electron chi connectivity index (χ2n) is 4.20. The van der Waals surface area contributed by atoms with Gasteiger partial charge in [-0.1, -0.05) is 52.4 Å². The van der Waals surface area contributed by atoms with Gasteiger partial charge in [-0.2, -0.15) is 0 Å². The highest BCUT2D eigenvalue weighted by molar-refractivity contribution is 4.55. The highest BCUT2D eigenvalue weighted by Crippen LogP contribution is 2.14. The number of nitrogens with two attached hydrogens (primary N) is 2. The molecule has 13 heavy (non-hydrogen) atoms. The highest BCUT2D eigenvalue weighted by Gasteiger charge is 2.00. The van der Waals surface area contributed by atoms with E-state index in [1.165, 1.54) is 38.5 Å². The summed E-state index contributed by atoms with van der Waals surface area (Å²) >= 11 is 0. The first-order valence-corrected chi connectivity index (χ1v) is 5.68. The van der Waals surface area contributed by atoms with Crippen LogP contribution in [0.15, 0.2) is 0 Å². The maximum absolute atomic E-state index is 5.46. The van der Waals surface area contributed by atoms with Gasteiger partial charge in [-0.15, -0.1) is 0 Å². The molecule has 0 fully saturated rings. The zero-order valence-corrected chi connectivity index (χ0v) is 9.26. The first kappa shape index (κ1) is 12.9. The van der Waals surface area contributed by atoms with Crippen LogP contribution in [0.4, 0.5) is 0 Å². The summed E-state index contributed by atoms with van der Waals surface area (Å²) in [6, 6.07) is 0. The predicted molar refractivity (Wildman–Crippen MR) is 59.3 cm³/mol. The minimum Gasteiger partial charge on any atom is -0.316 e. The summed E-state index contributed by atoms with van der Waals surface area (Å²) in [4.78, 5) is 0. The zero-order chi connectivity index (χ0) is 10.1. The predicted octanol–water partition coefficient (Wildman–Crippen LogP) is 2.62. The van der Waals surface area contributed by atoms with E-state index in [4.69, 9.17) is 11.5 Å². The zero-order valence-electron chi connectivity index (χ0n) is 9.26. The minimum atomic E-state index is -0.104. The molecular formula is C11H26N2. The van der Waals surface area contributed by atoms with Crippen LogP contribution in [0.3, 0.4) is 0 Å². The molecule has 0 aliphatic carbocycles. The van der Waals surface area contributed by atoms with Crippen LogP contribution >= 0.6 is 0 Å². The largest absolute Gasteiger partial charge is 0.316 e. The molecule has 0 rings (SSSR count). The Balaban J connectivity index is 3.06. The van der Waals surface area contributed by atoms with Gasteiger partial charge in [0.25, 0.3) is 0 Å². The second-order valence-corrected chi connectivity index (χ2v) is 4.20. The van der Waals surface area contributed by atoms with E-state index in [0.29, 0.717) is 0 Å². The molecule has 0 aromatic rings. The normalized spacial score (nSPS) is 13.6. The molecule has 2 nitrogen and oxygen atoms in total. The van der Waals surface area contributed by atoms with Gasteiger partial charge < -0.3 is 11.5 Å². The van der Waals surface area contributed by atoms with Crippen molar-refractivity contribution < 1.29 is 0 Å². The van der Waals surface area contributed by atoms with Crippen LogP contribution in [0.2, 0.25) is 0 Å². The number of unbranched alkanes of at least 4 members (excludes halogenated alkanes) is 2. The topological polar surface area (TPSA) is 52.0 Å². The molecule has 0 saturated heterocycles. The third-order valence-electron chi connectivity index (χ3n) is 2.52. The smallest absolute Gasteiger partial charge is 0.0520 e. The van der Waals surface area contributed by atoms with Gasteiger partial charge in [-0.3, -0.25) is 0 Å². The van der Waals surface area contributed by atoms with E-state index in [9.17, 15) is 0 Å². The lowest BCUT2D eigenvalue weighted by Gasteiger charge is -2.09. The van der Waals surface area contributed by atoms with E-state index in [2.05, 4.69) is 13.8 Å². The molecule has 0 aromatic heterocycles. The molecule has 1 atom stereocenters. The Labute approximate surface area is 83.1 Å². The van der Waals surface area contributed by atoms with Gasteiger partial charge in [0.15, 0.2) is 0 Å². The van der Waals surface area contributed by atoms with Crippen molar-refractivity contribution >= 4 is 0 Å². The fraction of sp³-hybridized carbons (Fsp3) is 1.00. The maximum atomic E-state index is 5.46. The summed E-state index contributed by atoms with van der Waals surface area (Å²) in [5.74, 6) is 0.900. The lowest BCUT2D eigenvalue weighted by atomic mass is 9.98. The molecule has 0 amide bonds. The Morgan fingerprint density at radius 2 is 1.54 bits per heavy atom. The van der Waals surface area contributed by atoms with Crippen LogP contribution in [0.25, 0.3) is 0 Å². The van der Waals surface area contributed by atoms with Crippen LogP contribution in [-0.2, 0) is 0 Å². The summed E-state index contributed by atoms with van der Waals surface area (Å²) in [7, 11) is 0. The Hall–Kier alpha value is -0.0800. The molecule has 4 N–H and O–H groups in total. The summed E-state index contributed by atoms with van der Waals surface area (Å²) < 4.78 is 0. The number of hydrogen-bond acceptors (Lipinski definition) is 2. The summed E-state index contributed by atoms with van der Waals surface area (Å²) in [6.07, 6.45) is 8.75. The van der Waals surface area contributed by atoms with E-state index in [1.54, 1.807) is 0 Å². The quantitative estimate of drug-likeness (QED) is 0.452. The monoisotopic (exact) mass is 186 g/mol. The summed E-state index contributed by atoms with van der Waals surface area (Å²) in [6.45, 7) is 4.60. The van der Waals surface area contributed by atoms with Crippen molar-refractivity contribution in [3.05, 3.63) is 0 Å². The van der Waals surface area contributed by atoms with Crippen molar-refractivity contribution in [1.82, 2.24) is 0 Å². The summed E-state index contributed by atoms with van der Waals surface area (Å²) in [5.41, 5.74) is 10.9. The van der Waals surface area contributed by atoms with Crippen molar-refractivity contribution in [2.45, 2.75) is 65.0 Å². The molecule has 2 heteroatoms. The first-order valence-electron chi connectivity index (χ1n) is 5.68. The molecule has 0 spiro atoms. The van der Waals surface area contributed by atoms with E-state index >= 15 is 0 Å². The van der Waals surface area contributed by atoms with Crippen molar-refractivity contribution in [2.75, 3.05) is 0 Å². The van der Waals surface area contributed by atoms with E-state index in [0.717, 1.165) is 12.3 Å². The lowest BCUT2D eigenvalue weighted by molar-refractivity contribution is 0.448. The average Bonchev–Trinajstić information content (AvgIpc) is 2.03. The van der Waals surface area contributed by atoms with Gasteiger partial charge in [0, 0.05) is 0 Å². The molecule has 0 bridgehead atoms. The standard InChI is InChI=1S/C11H26N2/c1-3-7-10(2)8-5-4-6-9-11(12)13/h10-11H,3-9,12-13H2,1-2H3. The first-order chi connectivity index (χ1) is 6.16. The molecule has 0 heterocycles. The van der Waals surface area contributed by atoms with Crippen molar-refractivity contribution in [3.8, 4) is 0 Å². The Bertz CT molecular complexity index is 102. The summed E-state index contributed by atoms with van der Waals surface area (Å²) in [5, 5.41) is 0. The van der Waals surface area contributed by atoms with Crippen LogP contribution in [0.5, 0.6) is 0 Å². The van der Waals surface area contributed by atoms with Crippen LogP contribution in [0, 0.1) is 5.92 Å². The van der Waals surface area contributed by atoms with E-state index in [-0.39, 0.29) is 6.17 Å². The lowest BCUT2D eigenvalue weighted by Crippen LogP contribution is -2.29. The average molecular weight is 186 g/mol. The Morgan fingerprint density at radius 1 is 0.923 bits per heavy atom. The number of rotatable bonds is 8. The van der Waals surface area contributed by atoms with Crippen LogP contribution in [-0.4, -0.2) is 6.17 Å². The minimum absolute atomic E-state index is 0.104. The molecule has 0 saturated carbocycles. The van der Waals surface area contributed by atoms with Crippen LogP contribution in [0.1, 0.15) is 58.8 Å². The van der Waals surface area contributed by atoms with Gasteiger partial charge in [0.2, 0.25) is 0 Å². The Kier molecular flexibility index (Phi) is 8.46. The van der Waals surface area contributed by atoms with Crippen molar-refractivity contribution in [1.29, 1.82) is 0 Å². The van der Waals surface area contributed by atoms with E-state index in [1.807, 2.05) is 0 Å². The highest BCUT2D eigenvalue weighted by atomic mass is 14.8. The van der Waals surface area contributed by atoms with Crippen molar-refractivity contribution in [2.24, 2.45) is 17.4 Å².